The molecule has 0 bridgehead atoms. The number of hydrogen-bond acceptors (Lipinski definition) is 5. The number of ether oxygens (including phenoxy) is 1. The van der Waals surface area contributed by atoms with Gasteiger partial charge in [-0.15, -0.1) is 0 Å². The SMILES string of the molecule is Cc1ccc(C(=O)NCc2ccc(CN3CCOCC3)cc2)cc1NS(=O)(=O)c1ccccc1. The second-order valence-electron chi connectivity index (χ2n) is 8.34. The molecule has 0 saturated carbocycles. The maximum absolute atomic E-state index is 12.7. The van der Waals surface area contributed by atoms with Gasteiger partial charge in [0.05, 0.1) is 23.8 Å². The molecule has 0 spiro atoms. The average Bonchev–Trinajstić information content (AvgIpc) is 2.86. The van der Waals surface area contributed by atoms with E-state index in [1.165, 1.54) is 17.7 Å². The first-order chi connectivity index (χ1) is 16.4. The number of sulfonamides is 1. The van der Waals surface area contributed by atoms with E-state index in [9.17, 15) is 13.2 Å². The number of carbonyl (C=O) groups excluding carboxylic acids is 1. The van der Waals surface area contributed by atoms with Crippen molar-refractivity contribution < 1.29 is 17.9 Å². The second kappa shape index (κ2) is 10.8. The monoisotopic (exact) mass is 479 g/mol. The van der Waals surface area contributed by atoms with Gasteiger partial charge in [-0.1, -0.05) is 48.5 Å². The summed E-state index contributed by atoms with van der Waals surface area (Å²) >= 11 is 0. The third-order valence-corrected chi connectivity index (χ3v) is 7.16. The summed E-state index contributed by atoms with van der Waals surface area (Å²) in [6, 6.07) is 21.3. The van der Waals surface area contributed by atoms with Gasteiger partial charge in [0, 0.05) is 31.7 Å². The molecule has 34 heavy (non-hydrogen) atoms. The van der Waals surface area contributed by atoms with Crippen LogP contribution in [-0.2, 0) is 27.8 Å². The number of hydrogen-bond donors (Lipinski definition) is 2. The lowest BCUT2D eigenvalue weighted by molar-refractivity contribution is 0.0342. The van der Waals surface area contributed by atoms with Gasteiger partial charge in [-0.3, -0.25) is 14.4 Å². The Morgan fingerprint density at radius 1 is 0.941 bits per heavy atom. The molecule has 1 fully saturated rings. The van der Waals surface area contributed by atoms with Crippen LogP contribution in [0.15, 0.2) is 77.7 Å². The Bertz CT molecular complexity index is 1220. The Balaban J connectivity index is 1.37. The molecule has 1 saturated heterocycles. The zero-order valence-electron chi connectivity index (χ0n) is 19.2. The molecule has 0 atom stereocenters. The minimum Gasteiger partial charge on any atom is -0.379 e. The van der Waals surface area contributed by atoms with Crippen molar-refractivity contribution in [3.8, 4) is 0 Å². The molecule has 1 amide bonds. The highest BCUT2D eigenvalue weighted by atomic mass is 32.2. The van der Waals surface area contributed by atoms with E-state index >= 15 is 0 Å². The van der Waals surface area contributed by atoms with Crippen LogP contribution in [0.1, 0.15) is 27.0 Å². The van der Waals surface area contributed by atoms with Crippen LogP contribution in [-0.4, -0.2) is 45.5 Å². The standard InChI is InChI=1S/C26H29N3O4S/c1-20-7-12-23(17-25(20)28-34(31,32)24-5-3-2-4-6-24)26(30)27-18-21-8-10-22(11-9-21)19-29-13-15-33-16-14-29/h2-12,17,28H,13-16,18-19H2,1H3,(H,27,30). The quantitative estimate of drug-likeness (QED) is 0.516. The van der Waals surface area contributed by atoms with Crippen LogP contribution >= 0.6 is 0 Å². The van der Waals surface area contributed by atoms with Crippen molar-refractivity contribution in [2.75, 3.05) is 31.0 Å². The number of anilines is 1. The summed E-state index contributed by atoms with van der Waals surface area (Å²) in [6.07, 6.45) is 0. The normalized spacial score (nSPS) is 14.5. The molecule has 4 rings (SSSR count). The summed E-state index contributed by atoms with van der Waals surface area (Å²) in [6.45, 7) is 6.51. The lowest BCUT2D eigenvalue weighted by atomic mass is 10.1. The molecule has 3 aromatic carbocycles. The maximum atomic E-state index is 12.7. The summed E-state index contributed by atoms with van der Waals surface area (Å²) in [5, 5.41) is 2.91. The number of carbonyl (C=O) groups is 1. The molecule has 3 aromatic rings. The van der Waals surface area contributed by atoms with Crippen molar-refractivity contribution in [1.82, 2.24) is 10.2 Å². The third kappa shape index (κ3) is 6.22. The van der Waals surface area contributed by atoms with Gasteiger partial charge in [0.1, 0.15) is 0 Å². The van der Waals surface area contributed by atoms with E-state index in [0.717, 1.165) is 44.0 Å². The largest absolute Gasteiger partial charge is 0.379 e. The Kier molecular flexibility index (Phi) is 7.62. The molecule has 7 nitrogen and oxygen atoms in total. The number of aryl methyl sites for hydroxylation is 1. The molecule has 0 aliphatic carbocycles. The van der Waals surface area contributed by atoms with Crippen LogP contribution in [0, 0.1) is 6.92 Å². The minimum atomic E-state index is -3.74. The van der Waals surface area contributed by atoms with E-state index in [2.05, 4.69) is 27.1 Å². The third-order valence-electron chi connectivity index (χ3n) is 5.78. The Hall–Kier alpha value is -3.20. The van der Waals surface area contributed by atoms with Gasteiger partial charge in [0.2, 0.25) is 0 Å². The van der Waals surface area contributed by atoms with Crippen molar-refractivity contribution in [1.29, 1.82) is 0 Å². The average molecular weight is 480 g/mol. The first-order valence-electron chi connectivity index (χ1n) is 11.3. The number of nitrogens with one attached hydrogen (secondary N) is 2. The summed E-state index contributed by atoms with van der Waals surface area (Å²) in [4.78, 5) is 15.3. The molecular weight excluding hydrogens is 450 g/mol. The maximum Gasteiger partial charge on any atom is 0.261 e. The fraction of sp³-hybridized carbons (Fsp3) is 0.269. The molecule has 0 unspecified atom stereocenters. The Morgan fingerprint density at radius 2 is 1.62 bits per heavy atom. The molecule has 178 valence electrons. The fourth-order valence-corrected chi connectivity index (χ4v) is 4.88. The lowest BCUT2D eigenvalue weighted by Crippen LogP contribution is -2.35. The van der Waals surface area contributed by atoms with E-state index in [0.29, 0.717) is 17.8 Å². The number of amides is 1. The lowest BCUT2D eigenvalue weighted by Gasteiger charge is -2.26. The molecule has 0 aromatic heterocycles. The van der Waals surface area contributed by atoms with Crippen molar-refractivity contribution in [3.63, 3.8) is 0 Å². The van der Waals surface area contributed by atoms with E-state index in [1.807, 2.05) is 12.1 Å². The van der Waals surface area contributed by atoms with Gasteiger partial charge in [-0.25, -0.2) is 8.42 Å². The van der Waals surface area contributed by atoms with Crippen LogP contribution in [0.25, 0.3) is 0 Å². The van der Waals surface area contributed by atoms with Gasteiger partial charge in [-0.05, 0) is 47.9 Å². The molecule has 1 heterocycles. The highest BCUT2D eigenvalue weighted by Crippen LogP contribution is 2.21. The molecule has 1 aliphatic heterocycles. The van der Waals surface area contributed by atoms with E-state index in [-0.39, 0.29) is 10.8 Å². The van der Waals surface area contributed by atoms with Crippen LogP contribution in [0.4, 0.5) is 5.69 Å². The molecule has 0 radical (unpaired) electrons. The highest BCUT2D eigenvalue weighted by Gasteiger charge is 2.16. The van der Waals surface area contributed by atoms with Crippen LogP contribution < -0.4 is 10.0 Å². The van der Waals surface area contributed by atoms with Gasteiger partial charge < -0.3 is 10.1 Å². The van der Waals surface area contributed by atoms with Crippen LogP contribution in [0.2, 0.25) is 0 Å². The highest BCUT2D eigenvalue weighted by molar-refractivity contribution is 7.92. The first kappa shape index (κ1) is 23.9. The zero-order chi connectivity index (χ0) is 24.0. The Morgan fingerprint density at radius 3 is 2.32 bits per heavy atom. The van der Waals surface area contributed by atoms with E-state index < -0.39 is 10.0 Å². The molecule has 1 aliphatic rings. The first-order valence-corrected chi connectivity index (χ1v) is 12.7. The number of morpholine rings is 1. The van der Waals surface area contributed by atoms with Crippen molar-refractivity contribution in [2.45, 2.75) is 24.9 Å². The summed E-state index contributed by atoms with van der Waals surface area (Å²) in [5.41, 5.74) is 3.72. The number of rotatable bonds is 8. The van der Waals surface area contributed by atoms with Gasteiger partial charge in [-0.2, -0.15) is 0 Å². The van der Waals surface area contributed by atoms with E-state index in [4.69, 9.17) is 4.74 Å². The predicted molar refractivity (Wildman–Crippen MR) is 132 cm³/mol. The van der Waals surface area contributed by atoms with Crippen molar-refractivity contribution in [3.05, 3.63) is 95.1 Å². The number of nitrogens with zero attached hydrogens (tertiary/aromatic N) is 1. The second-order valence-corrected chi connectivity index (χ2v) is 10.0. The van der Waals surface area contributed by atoms with Crippen molar-refractivity contribution >= 4 is 21.6 Å². The fourth-order valence-electron chi connectivity index (χ4n) is 3.74. The van der Waals surface area contributed by atoms with Gasteiger partial charge in [0.25, 0.3) is 15.9 Å². The van der Waals surface area contributed by atoms with E-state index in [1.54, 1.807) is 43.3 Å². The summed E-state index contributed by atoms with van der Waals surface area (Å²) in [7, 11) is -3.74. The molecule has 2 N–H and O–H groups in total. The topological polar surface area (TPSA) is 87.7 Å². The zero-order valence-corrected chi connectivity index (χ0v) is 20.0. The van der Waals surface area contributed by atoms with Crippen LogP contribution in [0.5, 0.6) is 0 Å². The summed E-state index contributed by atoms with van der Waals surface area (Å²) < 4.78 is 33.3. The molecular formula is C26H29N3O4S. The predicted octanol–water partition coefficient (Wildman–Crippen LogP) is 3.56. The van der Waals surface area contributed by atoms with Crippen molar-refractivity contribution in [2.24, 2.45) is 0 Å². The Labute approximate surface area is 200 Å². The number of benzene rings is 3. The molecule has 8 heteroatoms. The minimum absolute atomic E-state index is 0.168. The van der Waals surface area contributed by atoms with Gasteiger partial charge in [0.15, 0.2) is 0 Å². The van der Waals surface area contributed by atoms with Gasteiger partial charge >= 0.3 is 0 Å². The van der Waals surface area contributed by atoms with Crippen LogP contribution in [0.3, 0.4) is 0 Å². The smallest absolute Gasteiger partial charge is 0.261 e. The summed E-state index contributed by atoms with van der Waals surface area (Å²) in [5.74, 6) is -0.266.